The molecule has 1 saturated heterocycles. The number of nitrogens with one attached hydrogen (secondary N) is 1. The quantitative estimate of drug-likeness (QED) is 0.751. The van der Waals surface area contributed by atoms with Gasteiger partial charge in [0.15, 0.2) is 0 Å². The summed E-state index contributed by atoms with van der Waals surface area (Å²) in [6, 6.07) is -0.438. The zero-order valence-electron chi connectivity index (χ0n) is 10.6. The van der Waals surface area contributed by atoms with Crippen LogP contribution in [0.3, 0.4) is 0 Å². The number of nitrogens with two attached hydrogens (primary N) is 1. The highest BCUT2D eigenvalue weighted by Gasteiger charge is 2.27. The Labute approximate surface area is 97.9 Å². The molecule has 0 aromatic rings. The molecule has 1 aliphatic heterocycles. The second kappa shape index (κ2) is 5.64. The van der Waals surface area contributed by atoms with Gasteiger partial charge in [0.1, 0.15) is 0 Å². The van der Waals surface area contributed by atoms with Crippen molar-refractivity contribution in [3.8, 4) is 0 Å². The van der Waals surface area contributed by atoms with Crippen molar-refractivity contribution in [1.29, 1.82) is 0 Å². The van der Waals surface area contributed by atoms with Crippen LogP contribution in [-0.2, 0) is 9.53 Å². The topological polar surface area (TPSA) is 64.4 Å². The molecule has 1 heterocycles. The summed E-state index contributed by atoms with van der Waals surface area (Å²) in [6.45, 7) is 8.32. The molecule has 0 radical (unpaired) electrons. The van der Waals surface area contributed by atoms with Gasteiger partial charge in [0.25, 0.3) is 0 Å². The molecule has 1 amide bonds. The summed E-state index contributed by atoms with van der Waals surface area (Å²) in [4.78, 5) is 11.7. The minimum atomic E-state index is -0.438. The first-order valence-corrected chi connectivity index (χ1v) is 6.02. The Kier molecular flexibility index (Phi) is 4.74. The normalized spacial score (nSPS) is 23.1. The van der Waals surface area contributed by atoms with E-state index in [0.717, 1.165) is 26.1 Å². The van der Waals surface area contributed by atoms with E-state index in [1.165, 1.54) is 0 Å². The van der Waals surface area contributed by atoms with Gasteiger partial charge in [-0.15, -0.1) is 0 Å². The molecular weight excluding hydrogens is 204 g/mol. The highest BCUT2D eigenvalue weighted by Crippen LogP contribution is 2.18. The maximum atomic E-state index is 11.7. The predicted octanol–water partition coefficient (Wildman–Crippen LogP) is 0.903. The smallest absolute Gasteiger partial charge is 0.237 e. The molecule has 0 aromatic carbocycles. The molecule has 0 bridgehead atoms. The van der Waals surface area contributed by atoms with Crippen molar-refractivity contribution in [3.63, 3.8) is 0 Å². The van der Waals surface area contributed by atoms with Crippen LogP contribution in [0.25, 0.3) is 0 Å². The molecule has 0 aliphatic carbocycles. The van der Waals surface area contributed by atoms with Crippen LogP contribution in [0, 0.1) is 11.3 Å². The van der Waals surface area contributed by atoms with E-state index in [4.69, 9.17) is 10.5 Å². The molecule has 1 fully saturated rings. The lowest BCUT2D eigenvalue weighted by atomic mass is 9.87. The fraction of sp³-hybridized carbons (Fsp3) is 0.917. The average molecular weight is 228 g/mol. The number of carbonyl (C=O) groups excluding carboxylic acids is 1. The fourth-order valence-electron chi connectivity index (χ4n) is 1.71. The Balaban J connectivity index is 2.19. The summed E-state index contributed by atoms with van der Waals surface area (Å²) in [5, 5.41) is 2.90. The number of ether oxygens (including phenoxy) is 1. The second-order valence-electron chi connectivity index (χ2n) is 5.65. The summed E-state index contributed by atoms with van der Waals surface area (Å²) in [5.41, 5.74) is 5.67. The molecule has 1 unspecified atom stereocenters. The summed E-state index contributed by atoms with van der Waals surface area (Å²) >= 11 is 0. The van der Waals surface area contributed by atoms with Gasteiger partial charge in [0.05, 0.1) is 6.04 Å². The van der Waals surface area contributed by atoms with E-state index < -0.39 is 6.04 Å². The highest BCUT2D eigenvalue weighted by atomic mass is 16.5. The zero-order valence-corrected chi connectivity index (χ0v) is 10.6. The van der Waals surface area contributed by atoms with E-state index >= 15 is 0 Å². The van der Waals surface area contributed by atoms with Crippen molar-refractivity contribution in [2.75, 3.05) is 19.8 Å². The van der Waals surface area contributed by atoms with Crippen LogP contribution < -0.4 is 11.1 Å². The Morgan fingerprint density at radius 2 is 2.25 bits per heavy atom. The van der Waals surface area contributed by atoms with E-state index in [9.17, 15) is 4.79 Å². The first-order valence-electron chi connectivity index (χ1n) is 6.02. The van der Waals surface area contributed by atoms with Gasteiger partial charge in [0.2, 0.25) is 5.91 Å². The van der Waals surface area contributed by atoms with Gasteiger partial charge < -0.3 is 15.8 Å². The molecule has 94 valence electrons. The van der Waals surface area contributed by atoms with Crippen LogP contribution in [0.15, 0.2) is 0 Å². The third kappa shape index (κ3) is 4.10. The van der Waals surface area contributed by atoms with Crippen molar-refractivity contribution in [2.45, 2.75) is 39.7 Å². The SMILES string of the molecule is CC(C)(C)[C@H](N)C(=O)NCCC1CCOC1. The first-order chi connectivity index (χ1) is 7.41. The van der Waals surface area contributed by atoms with E-state index in [0.29, 0.717) is 12.5 Å². The summed E-state index contributed by atoms with van der Waals surface area (Å²) in [7, 11) is 0. The summed E-state index contributed by atoms with van der Waals surface area (Å²) in [5.74, 6) is 0.553. The molecule has 4 nitrogen and oxygen atoms in total. The van der Waals surface area contributed by atoms with Gasteiger partial charge in [-0.1, -0.05) is 20.8 Å². The van der Waals surface area contributed by atoms with E-state index in [2.05, 4.69) is 5.32 Å². The third-order valence-electron chi connectivity index (χ3n) is 3.09. The fourth-order valence-corrected chi connectivity index (χ4v) is 1.71. The standard InChI is InChI=1S/C12H24N2O2/c1-12(2,3)10(13)11(15)14-6-4-9-5-7-16-8-9/h9-10H,4-8,13H2,1-3H3,(H,14,15)/t9?,10-/m1/s1. The number of carbonyl (C=O) groups is 1. The maximum absolute atomic E-state index is 11.7. The van der Waals surface area contributed by atoms with Crippen LogP contribution in [0.4, 0.5) is 0 Å². The van der Waals surface area contributed by atoms with Gasteiger partial charge in [0, 0.05) is 19.8 Å². The molecule has 16 heavy (non-hydrogen) atoms. The second-order valence-corrected chi connectivity index (χ2v) is 5.65. The monoisotopic (exact) mass is 228 g/mol. The van der Waals surface area contributed by atoms with E-state index in [-0.39, 0.29) is 11.3 Å². The zero-order chi connectivity index (χ0) is 12.2. The van der Waals surface area contributed by atoms with Crippen molar-refractivity contribution >= 4 is 5.91 Å². The van der Waals surface area contributed by atoms with Crippen LogP contribution in [0.2, 0.25) is 0 Å². The lowest BCUT2D eigenvalue weighted by molar-refractivity contribution is -0.124. The van der Waals surface area contributed by atoms with E-state index in [1.807, 2.05) is 20.8 Å². The number of amides is 1. The van der Waals surface area contributed by atoms with Crippen molar-refractivity contribution in [3.05, 3.63) is 0 Å². The van der Waals surface area contributed by atoms with Gasteiger partial charge >= 0.3 is 0 Å². The molecule has 4 heteroatoms. The van der Waals surface area contributed by atoms with Crippen LogP contribution in [-0.4, -0.2) is 31.7 Å². The molecule has 0 aromatic heterocycles. The Hall–Kier alpha value is -0.610. The molecule has 3 N–H and O–H groups in total. The summed E-state index contributed by atoms with van der Waals surface area (Å²) in [6.07, 6.45) is 2.10. The molecular formula is C12H24N2O2. The lowest BCUT2D eigenvalue weighted by Gasteiger charge is -2.26. The minimum absolute atomic E-state index is 0.0496. The average Bonchev–Trinajstić information content (AvgIpc) is 2.67. The molecule has 1 rings (SSSR count). The maximum Gasteiger partial charge on any atom is 0.237 e. The van der Waals surface area contributed by atoms with Gasteiger partial charge in [-0.05, 0) is 24.2 Å². The van der Waals surface area contributed by atoms with Crippen molar-refractivity contribution in [2.24, 2.45) is 17.1 Å². The number of hydrogen-bond acceptors (Lipinski definition) is 3. The molecule has 0 saturated carbocycles. The summed E-state index contributed by atoms with van der Waals surface area (Å²) < 4.78 is 5.28. The Morgan fingerprint density at radius 3 is 2.75 bits per heavy atom. The van der Waals surface area contributed by atoms with Crippen LogP contribution >= 0.6 is 0 Å². The van der Waals surface area contributed by atoms with Crippen LogP contribution in [0.1, 0.15) is 33.6 Å². The van der Waals surface area contributed by atoms with Gasteiger partial charge in [-0.3, -0.25) is 4.79 Å². The Bertz CT molecular complexity index is 230. The lowest BCUT2D eigenvalue weighted by Crippen LogP contribution is -2.48. The predicted molar refractivity (Wildman–Crippen MR) is 64.0 cm³/mol. The highest BCUT2D eigenvalue weighted by molar-refractivity contribution is 5.82. The number of hydrogen-bond donors (Lipinski definition) is 2. The first kappa shape index (κ1) is 13.5. The van der Waals surface area contributed by atoms with E-state index in [1.54, 1.807) is 0 Å². The van der Waals surface area contributed by atoms with Gasteiger partial charge in [-0.2, -0.15) is 0 Å². The van der Waals surface area contributed by atoms with Crippen molar-refractivity contribution in [1.82, 2.24) is 5.32 Å². The minimum Gasteiger partial charge on any atom is -0.381 e. The molecule has 2 atom stereocenters. The van der Waals surface area contributed by atoms with Gasteiger partial charge in [-0.25, -0.2) is 0 Å². The molecule has 0 spiro atoms. The van der Waals surface area contributed by atoms with Crippen molar-refractivity contribution < 1.29 is 9.53 Å². The largest absolute Gasteiger partial charge is 0.381 e. The van der Waals surface area contributed by atoms with Crippen LogP contribution in [0.5, 0.6) is 0 Å². The number of rotatable bonds is 4. The third-order valence-corrected chi connectivity index (χ3v) is 3.09. The Morgan fingerprint density at radius 1 is 1.56 bits per heavy atom. The molecule has 1 aliphatic rings.